The Bertz CT molecular complexity index is 468. The molecule has 1 aromatic heterocycles. The Balaban J connectivity index is 0.00000484. The first-order valence-corrected chi connectivity index (χ1v) is 7.96. The summed E-state index contributed by atoms with van der Waals surface area (Å²) in [6.45, 7) is 6.65. The number of halogens is 4. The number of alkyl halides is 3. The van der Waals surface area contributed by atoms with Gasteiger partial charge in [-0.15, -0.1) is 35.3 Å². The number of aromatic nitrogens is 1. The highest BCUT2D eigenvalue weighted by molar-refractivity contribution is 14.0. The molecule has 1 aromatic rings. The van der Waals surface area contributed by atoms with Gasteiger partial charge < -0.3 is 15.4 Å². The average Bonchev–Trinajstić information content (AvgIpc) is 2.93. The third-order valence-electron chi connectivity index (χ3n) is 2.52. The van der Waals surface area contributed by atoms with E-state index in [1.807, 2.05) is 13.8 Å². The average molecular weight is 466 g/mol. The quantitative estimate of drug-likeness (QED) is 0.267. The number of ether oxygens (including phenoxy) is 1. The molecule has 2 N–H and O–H groups in total. The monoisotopic (exact) mass is 466 g/mol. The van der Waals surface area contributed by atoms with E-state index in [2.05, 4.69) is 20.6 Å². The van der Waals surface area contributed by atoms with Crippen molar-refractivity contribution in [3.05, 3.63) is 16.1 Å². The summed E-state index contributed by atoms with van der Waals surface area (Å²) < 4.78 is 42.6. The number of nitrogens with one attached hydrogen (secondary N) is 2. The predicted molar refractivity (Wildman–Crippen MR) is 96.5 cm³/mol. The molecule has 0 saturated heterocycles. The summed E-state index contributed by atoms with van der Waals surface area (Å²) in [5.41, 5.74) is -0.864. The molecule has 0 saturated carbocycles. The highest BCUT2D eigenvalue weighted by Gasteiger charge is 2.33. The van der Waals surface area contributed by atoms with Gasteiger partial charge in [-0.25, -0.2) is 9.98 Å². The maximum Gasteiger partial charge on any atom is 0.434 e. The van der Waals surface area contributed by atoms with Crippen molar-refractivity contribution in [3.63, 3.8) is 0 Å². The van der Waals surface area contributed by atoms with Crippen molar-refractivity contribution in [2.75, 3.05) is 26.3 Å². The smallest absolute Gasteiger partial charge is 0.382 e. The van der Waals surface area contributed by atoms with E-state index in [0.29, 0.717) is 37.3 Å². The topological polar surface area (TPSA) is 58.5 Å². The summed E-state index contributed by atoms with van der Waals surface area (Å²) in [4.78, 5) is 7.78. The molecule has 0 spiro atoms. The van der Waals surface area contributed by atoms with Crippen molar-refractivity contribution in [3.8, 4) is 0 Å². The molecule has 5 nitrogen and oxygen atoms in total. The van der Waals surface area contributed by atoms with Crippen LogP contribution < -0.4 is 10.6 Å². The highest BCUT2D eigenvalue weighted by atomic mass is 127. The van der Waals surface area contributed by atoms with Crippen LogP contribution in [0.3, 0.4) is 0 Å². The van der Waals surface area contributed by atoms with Crippen LogP contribution >= 0.6 is 35.3 Å². The molecule has 0 aromatic carbocycles. The molecule has 0 aliphatic heterocycles. The molecule has 0 aliphatic carbocycles. The van der Waals surface area contributed by atoms with Gasteiger partial charge in [0.15, 0.2) is 11.7 Å². The largest absolute Gasteiger partial charge is 0.434 e. The molecule has 0 atom stereocenters. The molecule has 0 aliphatic rings. The van der Waals surface area contributed by atoms with Gasteiger partial charge in [0.2, 0.25) is 0 Å². The molecule has 0 unspecified atom stereocenters. The van der Waals surface area contributed by atoms with Crippen molar-refractivity contribution in [2.45, 2.75) is 33.0 Å². The van der Waals surface area contributed by atoms with Gasteiger partial charge in [0.05, 0.1) is 6.54 Å². The van der Waals surface area contributed by atoms with Gasteiger partial charge in [0.1, 0.15) is 5.01 Å². The lowest BCUT2D eigenvalue weighted by Crippen LogP contribution is -2.38. The number of thiazole rings is 1. The number of hydrogen-bond donors (Lipinski definition) is 2. The van der Waals surface area contributed by atoms with E-state index in [0.717, 1.165) is 23.1 Å². The second-order valence-corrected chi connectivity index (χ2v) is 5.24. The molecule has 0 radical (unpaired) electrons. The Hall–Kier alpha value is -0.620. The maximum atomic E-state index is 12.5. The Kier molecular flexibility index (Phi) is 11.5. The van der Waals surface area contributed by atoms with Gasteiger partial charge in [0, 0.05) is 31.7 Å². The van der Waals surface area contributed by atoms with Crippen molar-refractivity contribution in [2.24, 2.45) is 4.99 Å². The van der Waals surface area contributed by atoms with Gasteiger partial charge in [-0.2, -0.15) is 13.2 Å². The molecule has 10 heteroatoms. The second kappa shape index (κ2) is 11.8. The minimum atomic E-state index is -4.40. The zero-order valence-electron chi connectivity index (χ0n) is 13.1. The van der Waals surface area contributed by atoms with Crippen LogP contribution in [0.15, 0.2) is 10.4 Å². The first kappa shape index (κ1) is 22.4. The fraction of sp³-hybridized carbons (Fsp3) is 0.692. The Morgan fingerprint density at radius 3 is 2.65 bits per heavy atom. The van der Waals surface area contributed by atoms with Gasteiger partial charge in [-0.1, -0.05) is 0 Å². The zero-order chi connectivity index (χ0) is 16.4. The van der Waals surface area contributed by atoms with Crippen molar-refractivity contribution >= 4 is 41.3 Å². The summed E-state index contributed by atoms with van der Waals surface area (Å²) in [6.07, 6.45) is -3.58. The lowest BCUT2D eigenvalue weighted by Gasteiger charge is -2.10. The Morgan fingerprint density at radius 2 is 2.09 bits per heavy atom. The third kappa shape index (κ3) is 9.30. The summed E-state index contributed by atoms with van der Waals surface area (Å²) in [5, 5.41) is 7.47. The molecule has 0 fully saturated rings. The lowest BCUT2D eigenvalue weighted by molar-refractivity contribution is -0.140. The minimum absolute atomic E-state index is 0. The van der Waals surface area contributed by atoms with Crippen LogP contribution in [0.5, 0.6) is 0 Å². The maximum absolute atomic E-state index is 12.5. The van der Waals surface area contributed by atoms with Crippen LogP contribution in [0, 0.1) is 0 Å². The van der Waals surface area contributed by atoms with Crippen molar-refractivity contribution < 1.29 is 17.9 Å². The molecule has 0 amide bonds. The fourth-order valence-electron chi connectivity index (χ4n) is 1.53. The van der Waals surface area contributed by atoms with E-state index in [1.54, 1.807) is 0 Å². The molecular weight excluding hydrogens is 444 g/mol. The van der Waals surface area contributed by atoms with Crippen LogP contribution in [-0.4, -0.2) is 37.2 Å². The molecule has 134 valence electrons. The normalized spacial score (nSPS) is 12.0. The van der Waals surface area contributed by atoms with Gasteiger partial charge in [-0.3, -0.25) is 0 Å². The standard InChI is InChI=1S/C13H21F3N4OS.HI/c1-3-17-12(18-6-5-7-21-4-2)19-8-11-20-10(9-22-11)13(14,15)16;/h9H,3-8H2,1-2H3,(H2,17,18,19);1H. The van der Waals surface area contributed by atoms with Crippen LogP contribution in [-0.2, 0) is 17.5 Å². The van der Waals surface area contributed by atoms with Crippen LogP contribution in [0.2, 0.25) is 0 Å². The summed E-state index contributed by atoms with van der Waals surface area (Å²) >= 11 is 0.958. The predicted octanol–water partition coefficient (Wildman–Crippen LogP) is 3.26. The van der Waals surface area contributed by atoms with E-state index in [-0.39, 0.29) is 30.5 Å². The summed E-state index contributed by atoms with van der Waals surface area (Å²) in [7, 11) is 0. The van der Waals surface area contributed by atoms with E-state index in [9.17, 15) is 13.2 Å². The number of nitrogens with zero attached hydrogens (tertiary/aromatic N) is 2. The lowest BCUT2D eigenvalue weighted by atomic mass is 10.4. The van der Waals surface area contributed by atoms with Gasteiger partial charge in [0.25, 0.3) is 0 Å². The van der Waals surface area contributed by atoms with Crippen LogP contribution in [0.25, 0.3) is 0 Å². The highest BCUT2D eigenvalue weighted by Crippen LogP contribution is 2.30. The molecule has 23 heavy (non-hydrogen) atoms. The number of guanidine groups is 1. The van der Waals surface area contributed by atoms with Crippen LogP contribution in [0.4, 0.5) is 13.2 Å². The SMILES string of the molecule is CCNC(=NCc1nc(C(F)(F)F)cs1)NCCCOCC.I. The zero-order valence-corrected chi connectivity index (χ0v) is 16.2. The van der Waals surface area contributed by atoms with Crippen molar-refractivity contribution in [1.82, 2.24) is 15.6 Å². The molecule has 0 bridgehead atoms. The first-order valence-electron chi connectivity index (χ1n) is 7.08. The van der Waals surface area contributed by atoms with Crippen molar-refractivity contribution in [1.29, 1.82) is 0 Å². The molecule has 1 rings (SSSR count). The molecular formula is C13H22F3IN4OS. The number of hydrogen-bond acceptors (Lipinski definition) is 4. The Labute approximate surface area is 155 Å². The van der Waals surface area contributed by atoms with E-state index < -0.39 is 11.9 Å². The first-order chi connectivity index (χ1) is 10.5. The third-order valence-corrected chi connectivity index (χ3v) is 3.35. The van der Waals surface area contributed by atoms with E-state index in [4.69, 9.17) is 4.74 Å². The molecule has 1 heterocycles. The fourth-order valence-corrected chi connectivity index (χ4v) is 2.25. The van der Waals surface area contributed by atoms with E-state index in [1.165, 1.54) is 0 Å². The Morgan fingerprint density at radius 1 is 1.35 bits per heavy atom. The van der Waals surface area contributed by atoms with E-state index >= 15 is 0 Å². The summed E-state index contributed by atoms with van der Waals surface area (Å²) in [6, 6.07) is 0. The number of rotatable bonds is 8. The summed E-state index contributed by atoms with van der Waals surface area (Å²) in [5.74, 6) is 0.558. The van der Waals surface area contributed by atoms with Crippen LogP contribution in [0.1, 0.15) is 31.0 Å². The van der Waals surface area contributed by atoms with Gasteiger partial charge >= 0.3 is 6.18 Å². The minimum Gasteiger partial charge on any atom is -0.382 e. The number of aliphatic imine (C=N–C) groups is 1. The second-order valence-electron chi connectivity index (χ2n) is 4.30. The van der Waals surface area contributed by atoms with Gasteiger partial charge in [-0.05, 0) is 20.3 Å².